The van der Waals surface area contributed by atoms with Crippen molar-refractivity contribution >= 4 is 28.1 Å². The minimum atomic E-state index is -1.45. The SMILES string of the molecule is CC(C)(O)c1cc(F)c(-c2cc(C(N)=O)c(Nc3ccc(C(C)(C)O)c(F)n3)s2)c(F)c1. The van der Waals surface area contributed by atoms with E-state index in [1.807, 2.05) is 0 Å². The van der Waals surface area contributed by atoms with Gasteiger partial charge in [-0.3, -0.25) is 4.79 Å². The van der Waals surface area contributed by atoms with E-state index < -0.39 is 40.3 Å². The standard InChI is InChI=1S/C22H22F3N3O3S/c1-21(2,30)10-7-13(23)17(14(24)8-10)15-9-11(19(26)29)20(32-15)28-16-6-5-12(18(25)27-16)22(3,4)31/h5-9,30-31H,1-4H3,(H2,26,29)(H,27,28). The van der Waals surface area contributed by atoms with E-state index in [-0.39, 0.29) is 32.4 Å². The summed E-state index contributed by atoms with van der Waals surface area (Å²) in [6, 6.07) is 5.97. The molecule has 6 nitrogen and oxygen atoms in total. The van der Waals surface area contributed by atoms with Gasteiger partial charge in [0.15, 0.2) is 0 Å². The van der Waals surface area contributed by atoms with Crippen molar-refractivity contribution in [2.24, 2.45) is 5.73 Å². The molecule has 0 saturated carbocycles. The first-order valence-corrected chi connectivity index (χ1v) is 10.3. The number of nitrogens with one attached hydrogen (secondary N) is 1. The summed E-state index contributed by atoms with van der Waals surface area (Å²) in [4.78, 5) is 15.7. The predicted molar refractivity (Wildman–Crippen MR) is 116 cm³/mol. The Morgan fingerprint density at radius 3 is 2.09 bits per heavy atom. The first-order chi connectivity index (χ1) is 14.7. The molecule has 0 aliphatic heterocycles. The summed E-state index contributed by atoms with van der Waals surface area (Å²) < 4.78 is 43.8. The van der Waals surface area contributed by atoms with Crippen LogP contribution in [0.4, 0.5) is 24.0 Å². The van der Waals surface area contributed by atoms with E-state index in [1.54, 1.807) is 0 Å². The van der Waals surface area contributed by atoms with Crippen LogP contribution in [0.5, 0.6) is 0 Å². The maximum Gasteiger partial charge on any atom is 0.251 e. The Labute approximate surface area is 186 Å². The largest absolute Gasteiger partial charge is 0.386 e. The van der Waals surface area contributed by atoms with Gasteiger partial charge in [0.1, 0.15) is 22.5 Å². The van der Waals surface area contributed by atoms with E-state index in [4.69, 9.17) is 5.73 Å². The summed E-state index contributed by atoms with van der Waals surface area (Å²) in [5.74, 6) is -3.63. The second kappa shape index (κ2) is 8.19. The molecule has 0 unspecified atom stereocenters. The maximum absolute atomic E-state index is 14.7. The molecule has 0 bridgehead atoms. The Balaban J connectivity index is 2.04. The molecule has 32 heavy (non-hydrogen) atoms. The number of amides is 1. The number of hydrogen-bond acceptors (Lipinski definition) is 6. The molecular weight excluding hydrogens is 443 g/mol. The lowest BCUT2D eigenvalue weighted by molar-refractivity contribution is 0.0736. The van der Waals surface area contributed by atoms with Crippen LogP contribution in [0.15, 0.2) is 30.3 Å². The van der Waals surface area contributed by atoms with E-state index in [2.05, 4.69) is 10.3 Å². The predicted octanol–water partition coefficient (Wildman–Crippen LogP) is 4.52. The van der Waals surface area contributed by atoms with Crippen molar-refractivity contribution in [3.05, 3.63) is 64.6 Å². The Hall–Kier alpha value is -2.95. The second-order valence-corrected chi connectivity index (χ2v) is 9.36. The van der Waals surface area contributed by atoms with E-state index in [1.165, 1.54) is 45.9 Å². The van der Waals surface area contributed by atoms with Gasteiger partial charge in [0.25, 0.3) is 5.91 Å². The van der Waals surface area contributed by atoms with Gasteiger partial charge in [0.05, 0.1) is 22.3 Å². The molecule has 3 aromatic rings. The fourth-order valence-corrected chi connectivity index (χ4v) is 4.15. The molecule has 0 aliphatic carbocycles. The molecule has 5 N–H and O–H groups in total. The van der Waals surface area contributed by atoms with E-state index in [9.17, 15) is 28.2 Å². The number of halogens is 3. The fraction of sp³-hybridized carbons (Fsp3) is 0.273. The number of carbonyl (C=O) groups is 1. The third kappa shape index (κ3) is 4.77. The highest BCUT2D eigenvalue weighted by Gasteiger charge is 2.25. The summed E-state index contributed by atoms with van der Waals surface area (Å²) in [6.45, 7) is 5.61. The zero-order valence-corrected chi connectivity index (χ0v) is 18.6. The molecule has 0 radical (unpaired) electrons. The Morgan fingerprint density at radius 2 is 1.62 bits per heavy atom. The number of benzene rings is 1. The summed E-state index contributed by atoms with van der Waals surface area (Å²) in [6.07, 6.45) is 0. The number of carbonyl (C=O) groups excluding carboxylic acids is 1. The van der Waals surface area contributed by atoms with Crippen LogP contribution in [0, 0.1) is 17.6 Å². The second-order valence-electron chi connectivity index (χ2n) is 8.31. The van der Waals surface area contributed by atoms with Crippen LogP contribution in [0.3, 0.4) is 0 Å². The Kier molecular flexibility index (Phi) is 6.07. The van der Waals surface area contributed by atoms with Gasteiger partial charge in [-0.05, 0) is 63.6 Å². The molecule has 1 aromatic carbocycles. The number of nitrogens with zero attached hydrogens (tertiary/aromatic N) is 1. The molecule has 0 fully saturated rings. The van der Waals surface area contributed by atoms with Gasteiger partial charge in [-0.15, -0.1) is 11.3 Å². The number of rotatable bonds is 6. The highest BCUT2D eigenvalue weighted by atomic mass is 32.1. The van der Waals surface area contributed by atoms with Crippen molar-refractivity contribution in [2.75, 3.05) is 5.32 Å². The quantitative estimate of drug-likeness (QED) is 0.400. The third-order valence-corrected chi connectivity index (χ3v) is 5.81. The summed E-state index contributed by atoms with van der Waals surface area (Å²) in [5.41, 5.74) is 2.07. The average molecular weight is 465 g/mol. The minimum Gasteiger partial charge on any atom is -0.386 e. The minimum absolute atomic E-state index is 0.00437. The number of anilines is 2. The lowest BCUT2D eigenvalue weighted by atomic mass is 9.96. The first kappa shape index (κ1) is 23.7. The van der Waals surface area contributed by atoms with Crippen LogP contribution < -0.4 is 11.1 Å². The molecule has 10 heteroatoms. The van der Waals surface area contributed by atoms with E-state index in [0.717, 1.165) is 23.5 Å². The van der Waals surface area contributed by atoms with Crippen LogP contribution in [0.1, 0.15) is 49.2 Å². The van der Waals surface area contributed by atoms with Crippen LogP contribution >= 0.6 is 11.3 Å². The van der Waals surface area contributed by atoms with Crippen molar-refractivity contribution in [3.8, 4) is 10.4 Å². The van der Waals surface area contributed by atoms with Gasteiger partial charge in [0, 0.05) is 10.4 Å². The zero-order chi connectivity index (χ0) is 24.0. The topological polar surface area (TPSA) is 108 Å². The lowest BCUT2D eigenvalue weighted by Crippen LogP contribution is -2.18. The van der Waals surface area contributed by atoms with E-state index in [0.29, 0.717) is 0 Å². The smallest absolute Gasteiger partial charge is 0.251 e. The van der Waals surface area contributed by atoms with Crippen molar-refractivity contribution < 1.29 is 28.2 Å². The van der Waals surface area contributed by atoms with E-state index >= 15 is 0 Å². The van der Waals surface area contributed by atoms with Crippen molar-refractivity contribution in [1.82, 2.24) is 4.98 Å². The van der Waals surface area contributed by atoms with Gasteiger partial charge < -0.3 is 21.3 Å². The molecule has 3 rings (SSSR count). The fourth-order valence-electron chi connectivity index (χ4n) is 3.03. The normalized spacial score (nSPS) is 12.2. The highest BCUT2D eigenvalue weighted by Crippen LogP contribution is 2.40. The Bertz CT molecular complexity index is 1170. The zero-order valence-electron chi connectivity index (χ0n) is 17.8. The number of aromatic nitrogens is 1. The van der Waals surface area contributed by atoms with Gasteiger partial charge in [-0.25, -0.2) is 13.8 Å². The average Bonchev–Trinajstić information content (AvgIpc) is 3.02. The van der Waals surface area contributed by atoms with Crippen molar-refractivity contribution in [3.63, 3.8) is 0 Å². The molecule has 170 valence electrons. The first-order valence-electron chi connectivity index (χ1n) is 9.51. The summed E-state index contributed by atoms with van der Waals surface area (Å²) >= 11 is 0.827. The van der Waals surface area contributed by atoms with Gasteiger partial charge in [0.2, 0.25) is 5.95 Å². The molecule has 0 saturated heterocycles. The van der Waals surface area contributed by atoms with Crippen LogP contribution in [0.25, 0.3) is 10.4 Å². The summed E-state index contributed by atoms with van der Waals surface area (Å²) in [7, 11) is 0. The van der Waals surface area contributed by atoms with Crippen LogP contribution in [-0.2, 0) is 11.2 Å². The van der Waals surface area contributed by atoms with Gasteiger partial charge >= 0.3 is 0 Å². The molecule has 0 aliphatic rings. The molecule has 0 spiro atoms. The third-order valence-electron chi connectivity index (χ3n) is 4.74. The monoisotopic (exact) mass is 465 g/mol. The Morgan fingerprint density at radius 1 is 1.03 bits per heavy atom. The molecule has 0 atom stereocenters. The van der Waals surface area contributed by atoms with Crippen molar-refractivity contribution in [1.29, 1.82) is 0 Å². The number of hydrogen-bond donors (Lipinski definition) is 4. The number of thiophene rings is 1. The van der Waals surface area contributed by atoms with Crippen LogP contribution in [-0.4, -0.2) is 21.1 Å². The molecule has 2 heterocycles. The number of pyridine rings is 1. The maximum atomic E-state index is 14.7. The summed E-state index contributed by atoms with van der Waals surface area (Å²) in [5, 5.41) is 22.8. The number of primary amides is 1. The van der Waals surface area contributed by atoms with Gasteiger partial charge in [-0.2, -0.15) is 4.39 Å². The van der Waals surface area contributed by atoms with Gasteiger partial charge in [-0.1, -0.05) is 0 Å². The number of nitrogens with two attached hydrogens (primary N) is 1. The van der Waals surface area contributed by atoms with Crippen molar-refractivity contribution in [2.45, 2.75) is 38.9 Å². The molecule has 1 amide bonds. The highest BCUT2D eigenvalue weighted by molar-refractivity contribution is 7.20. The molecule has 2 aromatic heterocycles. The van der Waals surface area contributed by atoms with Crippen LogP contribution in [0.2, 0.25) is 0 Å². The number of aliphatic hydroxyl groups is 2. The lowest BCUT2D eigenvalue weighted by Gasteiger charge is -2.18. The molecular formula is C22H22F3N3O3S.